The minimum absolute atomic E-state index is 0.230. The van der Waals surface area contributed by atoms with Crippen LogP contribution in [0.15, 0.2) is 78.9 Å². The van der Waals surface area contributed by atoms with Gasteiger partial charge in [0.1, 0.15) is 6.04 Å². The minimum atomic E-state index is -1.15. The molecule has 7 rings (SSSR count). The number of nitrogens with one attached hydrogen (secondary N) is 2. The zero-order valence-electron chi connectivity index (χ0n) is 23.1. The molecule has 0 spiro atoms. The molecule has 0 radical (unpaired) electrons. The molecule has 3 aliphatic carbocycles. The smallest absolute Gasteiger partial charge is 0.329 e. The zero-order valence-corrected chi connectivity index (χ0v) is 23.1. The Morgan fingerprint density at radius 3 is 1.76 bits per heavy atom. The number of hydrogen-bond acceptors (Lipinski definition) is 6. The van der Waals surface area contributed by atoms with Crippen molar-refractivity contribution >= 4 is 29.6 Å². The van der Waals surface area contributed by atoms with Crippen LogP contribution in [-0.4, -0.2) is 47.1 Å². The summed E-state index contributed by atoms with van der Waals surface area (Å²) in [6.07, 6.45) is 1.55. The van der Waals surface area contributed by atoms with E-state index in [1.54, 1.807) is 30.3 Å². The first-order valence-electron chi connectivity index (χ1n) is 14.3. The Labute approximate surface area is 243 Å². The average molecular weight is 566 g/mol. The van der Waals surface area contributed by atoms with Gasteiger partial charge >= 0.3 is 5.97 Å². The van der Waals surface area contributed by atoms with Crippen LogP contribution < -0.4 is 10.9 Å². The highest BCUT2D eigenvalue weighted by molar-refractivity contribution is 6.10. The van der Waals surface area contributed by atoms with E-state index in [4.69, 9.17) is 4.74 Å². The Morgan fingerprint density at radius 1 is 0.762 bits per heavy atom. The maximum Gasteiger partial charge on any atom is 0.329 e. The summed E-state index contributed by atoms with van der Waals surface area (Å²) in [5, 5.41) is 0. The monoisotopic (exact) mass is 565 g/mol. The molecule has 9 nitrogen and oxygen atoms in total. The highest BCUT2D eigenvalue weighted by Gasteiger charge is 2.63. The third kappa shape index (κ3) is 4.55. The third-order valence-electron chi connectivity index (χ3n) is 8.59. The zero-order chi connectivity index (χ0) is 29.4. The van der Waals surface area contributed by atoms with E-state index >= 15 is 0 Å². The Balaban J connectivity index is 1.20. The van der Waals surface area contributed by atoms with Crippen molar-refractivity contribution in [3.8, 4) is 0 Å². The van der Waals surface area contributed by atoms with Gasteiger partial charge in [-0.1, -0.05) is 86.5 Å². The fourth-order valence-corrected chi connectivity index (χ4v) is 6.81. The number of imide groups is 1. The lowest BCUT2D eigenvalue weighted by Gasteiger charge is -2.45. The first-order valence-corrected chi connectivity index (χ1v) is 14.3. The number of hydrazine groups is 1. The molecular weight excluding hydrogens is 534 g/mol. The van der Waals surface area contributed by atoms with E-state index in [1.807, 2.05) is 55.5 Å². The number of hydrogen-bond donors (Lipinski definition) is 2. The molecule has 3 aromatic rings. The quantitative estimate of drug-likeness (QED) is 0.245. The molecule has 4 aliphatic rings. The summed E-state index contributed by atoms with van der Waals surface area (Å²) in [6, 6.07) is 23.1. The SMILES string of the molecule is CCCC[C@H](C(=O)OCC(=O)NNC(=O)c1ccccc1)N1C(=O)[C@H]2C3c4ccccc4C(c4ccccc43)[C@@H]2C1=O. The Hall–Kier alpha value is -4.79. The lowest BCUT2D eigenvalue weighted by Crippen LogP contribution is -2.48. The van der Waals surface area contributed by atoms with Crippen molar-refractivity contribution in [2.75, 3.05) is 6.61 Å². The van der Waals surface area contributed by atoms with Crippen molar-refractivity contribution in [2.45, 2.75) is 44.1 Å². The summed E-state index contributed by atoms with van der Waals surface area (Å²) in [5.41, 5.74) is 9.04. The number of esters is 1. The molecule has 1 fully saturated rings. The van der Waals surface area contributed by atoms with Crippen molar-refractivity contribution in [2.24, 2.45) is 11.8 Å². The van der Waals surface area contributed by atoms with Crippen LogP contribution in [0.5, 0.6) is 0 Å². The largest absolute Gasteiger partial charge is 0.454 e. The van der Waals surface area contributed by atoms with Gasteiger partial charge in [0.05, 0.1) is 11.8 Å². The minimum Gasteiger partial charge on any atom is -0.454 e. The fraction of sp³-hybridized carbons (Fsp3) is 0.303. The van der Waals surface area contributed by atoms with Crippen LogP contribution in [0.3, 0.4) is 0 Å². The van der Waals surface area contributed by atoms with E-state index in [0.717, 1.165) is 33.6 Å². The van der Waals surface area contributed by atoms with Crippen LogP contribution in [0, 0.1) is 11.8 Å². The molecule has 9 heteroatoms. The number of unbranched alkanes of at least 4 members (excludes halogenated alkanes) is 1. The summed E-state index contributed by atoms with van der Waals surface area (Å²) < 4.78 is 5.31. The molecule has 3 aromatic carbocycles. The molecular formula is C33H31N3O6. The molecule has 2 bridgehead atoms. The van der Waals surface area contributed by atoms with Gasteiger partial charge in [0.25, 0.3) is 11.8 Å². The maximum atomic E-state index is 14.1. The molecule has 2 N–H and O–H groups in total. The highest BCUT2D eigenvalue weighted by Crippen LogP contribution is 2.61. The number of nitrogens with zero attached hydrogens (tertiary/aromatic N) is 1. The molecule has 0 aromatic heterocycles. The maximum absolute atomic E-state index is 14.1. The van der Waals surface area contributed by atoms with Gasteiger partial charge in [-0.15, -0.1) is 0 Å². The van der Waals surface area contributed by atoms with Gasteiger partial charge in [0.2, 0.25) is 11.8 Å². The second-order valence-electron chi connectivity index (χ2n) is 10.9. The fourth-order valence-electron chi connectivity index (χ4n) is 6.81. The van der Waals surface area contributed by atoms with E-state index in [9.17, 15) is 24.0 Å². The van der Waals surface area contributed by atoms with Crippen molar-refractivity contribution < 1.29 is 28.7 Å². The molecule has 1 aliphatic heterocycles. The van der Waals surface area contributed by atoms with Gasteiger partial charge in [-0.3, -0.25) is 34.9 Å². The van der Waals surface area contributed by atoms with Gasteiger partial charge in [0.15, 0.2) is 6.61 Å². The Bertz CT molecular complexity index is 1460. The van der Waals surface area contributed by atoms with E-state index in [1.165, 1.54) is 0 Å². The van der Waals surface area contributed by atoms with Gasteiger partial charge in [-0.05, 0) is 40.8 Å². The summed E-state index contributed by atoms with van der Waals surface area (Å²) in [5.74, 6) is -4.63. The number of carbonyl (C=O) groups is 5. The molecule has 3 atom stereocenters. The van der Waals surface area contributed by atoms with E-state index in [2.05, 4.69) is 10.9 Å². The van der Waals surface area contributed by atoms with E-state index in [-0.39, 0.29) is 30.1 Å². The van der Waals surface area contributed by atoms with Crippen LogP contribution in [0.4, 0.5) is 0 Å². The average Bonchev–Trinajstić information content (AvgIpc) is 3.29. The standard InChI is InChI=1S/C33H31N3O6/c1-2-3-17-24(33(41)42-18-25(37)34-35-30(38)19-11-5-4-6-12-19)36-31(39)28-26-20-13-7-8-14-21(20)27(29(28)32(36)40)23-16-10-9-15-22(23)26/h4-16,24,26-29H,2-3,17-18H2,1H3,(H,34,37)(H,35,38)/t24-,26?,27?,28+,29+/m1/s1. The van der Waals surface area contributed by atoms with Crippen molar-refractivity contribution in [3.63, 3.8) is 0 Å². The molecule has 214 valence electrons. The first kappa shape index (κ1) is 27.4. The Morgan fingerprint density at radius 2 is 1.26 bits per heavy atom. The van der Waals surface area contributed by atoms with E-state index in [0.29, 0.717) is 12.0 Å². The second kappa shape index (κ2) is 11.2. The lowest BCUT2D eigenvalue weighted by atomic mass is 9.55. The number of carbonyl (C=O) groups excluding carboxylic acids is 5. The molecule has 42 heavy (non-hydrogen) atoms. The molecule has 1 heterocycles. The van der Waals surface area contributed by atoms with Gasteiger partial charge < -0.3 is 4.74 Å². The summed E-state index contributed by atoms with van der Waals surface area (Å²) in [6.45, 7) is 1.27. The number of amides is 4. The van der Waals surface area contributed by atoms with Crippen LogP contribution in [-0.2, 0) is 23.9 Å². The summed E-state index contributed by atoms with van der Waals surface area (Å²) in [7, 11) is 0. The predicted molar refractivity (Wildman–Crippen MR) is 152 cm³/mol. The normalized spacial score (nSPS) is 22.1. The number of likely N-dealkylation sites (tertiary alicyclic amines) is 1. The first-order chi connectivity index (χ1) is 20.4. The summed E-state index contributed by atoms with van der Waals surface area (Å²) in [4.78, 5) is 67.2. The number of benzene rings is 3. The van der Waals surface area contributed by atoms with Crippen molar-refractivity contribution in [3.05, 3.63) is 107 Å². The van der Waals surface area contributed by atoms with Crippen LogP contribution in [0.1, 0.15) is 70.6 Å². The van der Waals surface area contributed by atoms with Crippen LogP contribution in [0.25, 0.3) is 0 Å². The van der Waals surface area contributed by atoms with Crippen molar-refractivity contribution in [1.29, 1.82) is 0 Å². The van der Waals surface area contributed by atoms with E-state index < -0.39 is 42.3 Å². The van der Waals surface area contributed by atoms with Crippen LogP contribution >= 0.6 is 0 Å². The highest BCUT2D eigenvalue weighted by atomic mass is 16.5. The second-order valence-corrected chi connectivity index (χ2v) is 10.9. The lowest BCUT2D eigenvalue weighted by molar-refractivity contribution is -0.161. The third-order valence-corrected chi connectivity index (χ3v) is 8.59. The van der Waals surface area contributed by atoms with Crippen molar-refractivity contribution in [1.82, 2.24) is 15.8 Å². The predicted octanol–water partition coefficient (Wildman–Crippen LogP) is 3.44. The molecule has 0 unspecified atom stereocenters. The molecule has 1 saturated heterocycles. The number of ether oxygens (including phenoxy) is 1. The summed E-state index contributed by atoms with van der Waals surface area (Å²) >= 11 is 0. The van der Waals surface area contributed by atoms with Gasteiger partial charge in [0, 0.05) is 17.4 Å². The molecule has 4 amide bonds. The topological polar surface area (TPSA) is 122 Å². The Kier molecular flexibility index (Phi) is 7.33. The van der Waals surface area contributed by atoms with Gasteiger partial charge in [-0.2, -0.15) is 0 Å². The number of rotatable bonds is 8. The van der Waals surface area contributed by atoms with Gasteiger partial charge in [-0.25, -0.2) is 4.79 Å². The van der Waals surface area contributed by atoms with Crippen LogP contribution in [0.2, 0.25) is 0 Å². The molecule has 0 saturated carbocycles.